The zero-order chi connectivity index (χ0) is 20.9. The lowest BCUT2D eigenvalue weighted by Gasteiger charge is -2.38. The van der Waals surface area contributed by atoms with Crippen LogP contribution in [0, 0.1) is 11.6 Å². The molecule has 0 unspecified atom stereocenters. The molecular formula is C25H25ClF2N2O. The third-order valence-electron chi connectivity index (χ3n) is 5.59. The molecule has 0 radical (unpaired) electrons. The second-order valence-corrected chi connectivity index (χ2v) is 7.65. The van der Waals surface area contributed by atoms with Crippen LogP contribution in [0.1, 0.15) is 28.8 Å². The second kappa shape index (κ2) is 10.5. The predicted octanol–water partition coefficient (Wildman–Crippen LogP) is 5.70. The summed E-state index contributed by atoms with van der Waals surface area (Å²) in [4.78, 5) is 17.4. The van der Waals surface area contributed by atoms with Crippen molar-refractivity contribution in [2.75, 3.05) is 18.0 Å². The summed E-state index contributed by atoms with van der Waals surface area (Å²) in [6.07, 6.45) is 1.63. The van der Waals surface area contributed by atoms with E-state index in [0.29, 0.717) is 11.3 Å². The van der Waals surface area contributed by atoms with Crippen LogP contribution in [0.4, 0.5) is 14.5 Å². The summed E-state index contributed by atoms with van der Waals surface area (Å²) >= 11 is 0. The van der Waals surface area contributed by atoms with Crippen molar-refractivity contribution in [2.45, 2.75) is 25.4 Å². The van der Waals surface area contributed by atoms with Crippen molar-refractivity contribution in [3.63, 3.8) is 0 Å². The number of likely N-dealkylation sites (tertiary alicyclic amines) is 1. The van der Waals surface area contributed by atoms with Crippen molar-refractivity contribution in [1.82, 2.24) is 4.90 Å². The molecule has 1 amide bonds. The number of carbonyl (C=O) groups excluding carboxylic acids is 1. The van der Waals surface area contributed by atoms with Crippen molar-refractivity contribution >= 4 is 24.0 Å². The highest BCUT2D eigenvalue weighted by Gasteiger charge is 2.30. The Balaban J connectivity index is 0.00000272. The highest BCUT2D eigenvalue weighted by Crippen LogP contribution is 2.27. The van der Waals surface area contributed by atoms with Gasteiger partial charge in [0.25, 0.3) is 5.91 Å². The number of amides is 1. The van der Waals surface area contributed by atoms with Gasteiger partial charge in [-0.3, -0.25) is 9.69 Å². The SMILES string of the molecule is Cl.O=C(c1ccc(F)cc1)N(c1ccc(F)cc1)C1CCN(Cc2ccccc2)CC1. The van der Waals surface area contributed by atoms with E-state index >= 15 is 0 Å². The van der Waals surface area contributed by atoms with Gasteiger partial charge < -0.3 is 4.90 Å². The maximum Gasteiger partial charge on any atom is 0.258 e. The molecule has 3 nitrogen and oxygen atoms in total. The monoisotopic (exact) mass is 442 g/mol. The molecule has 1 aliphatic heterocycles. The fourth-order valence-electron chi connectivity index (χ4n) is 4.00. The minimum absolute atomic E-state index is 0. The lowest BCUT2D eigenvalue weighted by molar-refractivity contribution is 0.0958. The largest absolute Gasteiger partial charge is 0.305 e. The maximum atomic E-state index is 13.5. The Labute approximate surface area is 187 Å². The first-order chi connectivity index (χ1) is 14.6. The van der Waals surface area contributed by atoms with Crippen LogP contribution in [-0.2, 0) is 6.54 Å². The Morgan fingerprint density at radius 3 is 1.97 bits per heavy atom. The molecule has 0 spiro atoms. The van der Waals surface area contributed by atoms with E-state index in [1.807, 2.05) is 18.2 Å². The van der Waals surface area contributed by atoms with E-state index < -0.39 is 0 Å². The zero-order valence-electron chi connectivity index (χ0n) is 17.1. The molecule has 1 aliphatic rings. The lowest BCUT2D eigenvalue weighted by atomic mass is 10.00. The van der Waals surface area contributed by atoms with Crippen LogP contribution in [0.25, 0.3) is 0 Å². The summed E-state index contributed by atoms with van der Waals surface area (Å²) in [5.74, 6) is -0.914. The fourth-order valence-corrected chi connectivity index (χ4v) is 4.00. The van der Waals surface area contributed by atoms with Gasteiger partial charge in [-0.2, -0.15) is 0 Å². The van der Waals surface area contributed by atoms with Crippen LogP contribution in [0.3, 0.4) is 0 Å². The smallest absolute Gasteiger partial charge is 0.258 e. The Morgan fingerprint density at radius 2 is 1.39 bits per heavy atom. The van der Waals surface area contributed by atoms with Gasteiger partial charge in [0.05, 0.1) is 0 Å². The van der Waals surface area contributed by atoms with E-state index in [2.05, 4.69) is 17.0 Å². The van der Waals surface area contributed by atoms with Gasteiger partial charge in [-0.25, -0.2) is 8.78 Å². The molecule has 0 saturated carbocycles. The average molecular weight is 443 g/mol. The molecular weight excluding hydrogens is 418 g/mol. The molecule has 0 N–H and O–H groups in total. The van der Waals surface area contributed by atoms with E-state index in [4.69, 9.17) is 0 Å². The first kappa shape index (κ1) is 22.9. The number of halogens is 3. The molecule has 1 heterocycles. The minimum atomic E-state index is -0.380. The van der Waals surface area contributed by atoms with Gasteiger partial charge in [0, 0.05) is 36.9 Å². The molecule has 3 aromatic carbocycles. The standard InChI is InChI=1S/C25H24F2N2O.ClH/c26-21-8-6-20(7-9-21)25(30)29(23-12-10-22(27)11-13-23)24-14-16-28(17-15-24)18-19-4-2-1-3-5-19;/h1-13,24H,14-18H2;1H. The first-order valence-electron chi connectivity index (χ1n) is 10.2. The highest BCUT2D eigenvalue weighted by atomic mass is 35.5. The van der Waals surface area contributed by atoms with Gasteiger partial charge in [0.1, 0.15) is 11.6 Å². The molecule has 1 fully saturated rings. The van der Waals surface area contributed by atoms with Crippen LogP contribution in [0.15, 0.2) is 78.9 Å². The number of piperidine rings is 1. The predicted molar refractivity (Wildman–Crippen MR) is 122 cm³/mol. The summed E-state index contributed by atoms with van der Waals surface area (Å²) in [6.45, 7) is 2.62. The average Bonchev–Trinajstić information content (AvgIpc) is 2.77. The molecule has 0 atom stereocenters. The summed E-state index contributed by atoms with van der Waals surface area (Å²) in [5.41, 5.74) is 2.36. The number of hydrogen-bond donors (Lipinski definition) is 0. The Bertz CT molecular complexity index is 973. The molecule has 1 saturated heterocycles. The van der Waals surface area contributed by atoms with Crippen LogP contribution >= 0.6 is 12.4 Å². The first-order valence-corrected chi connectivity index (χ1v) is 10.2. The summed E-state index contributed by atoms with van der Waals surface area (Å²) < 4.78 is 26.8. The number of hydrogen-bond acceptors (Lipinski definition) is 2. The summed E-state index contributed by atoms with van der Waals surface area (Å²) in [6, 6.07) is 21.9. The molecule has 0 aromatic heterocycles. The molecule has 162 valence electrons. The van der Waals surface area contributed by atoms with Crippen LogP contribution in [-0.4, -0.2) is 29.9 Å². The van der Waals surface area contributed by atoms with E-state index in [-0.39, 0.29) is 36.0 Å². The van der Waals surface area contributed by atoms with Gasteiger partial charge in [-0.15, -0.1) is 12.4 Å². The van der Waals surface area contributed by atoms with Gasteiger partial charge in [0.2, 0.25) is 0 Å². The number of nitrogens with zero attached hydrogens (tertiary/aromatic N) is 2. The lowest BCUT2D eigenvalue weighted by Crippen LogP contribution is -2.47. The van der Waals surface area contributed by atoms with Crippen LogP contribution in [0.5, 0.6) is 0 Å². The molecule has 6 heteroatoms. The van der Waals surface area contributed by atoms with Gasteiger partial charge in [-0.1, -0.05) is 30.3 Å². The minimum Gasteiger partial charge on any atom is -0.305 e. The third-order valence-corrected chi connectivity index (χ3v) is 5.59. The topological polar surface area (TPSA) is 23.6 Å². The number of benzene rings is 3. The van der Waals surface area contributed by atoms with Crippen molar-refractivity contribution in [1.29, 1.82) is 0 Å². The van der Waals surface area contributed by atoms with Crippen LogP contribution < -0.4 is 4.90 Å². The molecule has 0 aliphatic carbocycles. The van der Waals surface area contributed by atoms with Crippen molar-refractivity contribution in [2.24, 2.45) is 0 Å². The van der Waals surface area contributed by atoms with Gasteiger partial charge in [0.15, 0.2) is 0 Å². The number of rotatable bonds is 5. The molecule has 3 aromatic rings. The van der Waals surface area contributed by atoms with Crippen molar-refractivity contribution < 1.29 is 13.6 Å². The number of carbonyl (C=O) groups is 1. The third kappa shape index (κ3) is 5.69. The Hall–Kier alpha value is -2.76. The van der Waals surface area contributed by atoms with Crippen molar-refractivity contribution in [3.8, 4) is 0 Å². The van der Waals surface area contributed by atoms with E-state index in [0.717, 1.165) is 32.5 Å². The molecule has 0 bridgehead atoms. The maximum absolute atomic E-state index is 13.5. The zero-order valence-corrected chi connectivity index (χ0v) is 17.9. The second-order valence-electron chi connectivity index (χ2n) is 7.65. The van der Waals surface area contributed by atoms with Gasteiger partial charge in [-0.05, 0) is 66.9 Å². The normalized spacial score (nSPS) is 14.6. The Morgan fingerprint density at radius 1 is 0.839 bits per heavy atom. The van der Waals surface area contributed by atoms with Crippen LogP contribution in [0.2, 0.25) is 0 Å². The fraction of sp³-hybridized carbons (Fsp3) is 0.240. The van der Waals surface area contributed by atoms with E-state index in [1.54, 1.807) is 17.0 Å². The quantitative estimate of drug-likeness (QED) is 0.506. The Kier molecular flexibility index (Phi) is 7.77. The summed E-state index contributed by atoms with van der Waals surface area (Å²) in [7, 11) is 0. The number of anilines is 1. The molecule has 4 rings (SSSR count). The van der Waals surface area contributed by atoms with Crippen molar-refractivity contribution in [3.05, 3.63) is 102 Å². The highest BCUT2D eigenvalue weighted by molar-refractivity contribution is 6.06. The molecule has 31 heavy (non-hydrogen) atoms. The van der Waals surface area contributed by atoms with E-state index in [9.17, 15) is 13.6 Å². The van der Waals surface area contributed by atoms with E-state index in [1.165, 1.54) is 42.0 Å². The van der Waals surface area contributed by atoms with Gasteiger partial charge >= 0.3 is 0 Å². The summed E-state index contributed by atoms with van der Waals surface area (Å²) in [5, 5.41) is 0.